The molecule has 1 saturated heterocycles. The molecule has 0 bridgehead atoms. The number of halogens is 1. The van der Waals surface area contributed by atoms with Crippen molar-refractivity contribution < 1.29 is 8.42 Å². The summed E-state index contributed by atoms with van der Waals surface area (Å²) in [4.78, 5) is 0. The highest BCUT2D eigenvalue weighted by atomic mass is 35.5. The molecule has 0 radical (unpaired) electrons. The van der Waals surface area contributed by atoms with Crippen molar-refractivity contribution in [3.8, 4) is 0 Å². The summed E-state index contributed by atoms with van der Waals surface area (Å²) >= 11 is 5.79. The average Bonchev–Trinajstić information content (AvgIpc) is 2.56. The fraction of sp³-hybridized carbons (Fsp3) is 1.00. The maximum atomic E-state index is 12.1. The minimum absolute atomic E-state index is 0.208. The summed E-state index contributed by atoms with van der Waals surface area (Å²) < 4.78 is 28.4. The van der Waals surface area contributed by atoms with Gasteiger partial charge in [0.25, 0.3) is 10.2 Å². The first-order chi connectivity index (χ1) is 7.87. The molecule has 0 spiro atoms. The molecule has 1 rings (SSSR count). The molecule has 0 aromatic carbocycles. The van der Waals surface area contributed by atoms with Gasteiger partial charge in [-0.25, -0.2) is 4.72 Å². The molecule has 1 aliphatic heterocycles. The lowest BCUT2D eigenvalue weighted by Crippen LogP contribution is -2.44. The summed E-state index contributed by atoms with van der Waals surface area (Å²) in [6.45, 7) is 5.55. The molecule has 17 heavy (non-hydrogen) atoms. The van der Waals surface area contributed by atoms with E-state index in [1.165, 1.54) is 0 Å². The average molecular weight is 283 g/mol. The van der Waals surface area contributed by atoms with Crippen molar-refractivity contribution >= 4 is 21.8 Å². The summed E-state index contributed by atoms with van der Waals surface area (Å²) in [6.07, 6.45) is 4.16. The number of nitrogens with zero attached hydrogens (tertiary/aromatic N) is 1. The molecular formula is C11H23ClN2O2S. The molecule has 1 heterocycles. The maximum Gasteiger partial charge on any atom is 0.279 e. The van der Waals surface area contributed by atoms with E-state index in [-0.39, 0.29) is 5.41 Å². The van der Waals surface area contributed by atoms with Crippen LogP contribution in [0.5, 0.6) is 0 Å². The van der Waals surface area contributed by atoms with E-state index in [2.05, 4.69) is 4.72 Å². The van der Waals surface area contributed by atoms with Crippen molar-refractivity contribution in [1.29, 1.82) is 0 Å². The zero-order chi connectivity index (χ0) is 12.9. The Balaban J connectivity index is 2.55. The smallest absolute Gasteiger partial charge is 0.202 e. The van der Waals surface area contributed by atoms with Gasteiger partial charge >= 0.3 is 0 Å². The van der Waals surface area contributed by atoms with E-state index in [1.807, 2.05) is 13.8 Å². The van der Waals surface area contributed by atoms with E-state index in [4.69, 9.17) is 11.6 Å². The SMILES string of the molecule is CC(C)(CCl)CNS(=O)(=O)N1CCCCCC1. The number of alkyl halides is 1. The molecule has 1 aliphatic rings. The van der Waals surface area contributed by atoms with Crippen LogP contribution in [0.25, 0.3) is 0 Å². The van der Waals surface area contributed by atoms with Gasteiger partial charge < -0.3 is 0 Å². The minimum atomic E-state index is -3.33. The first-order valence-electron chi connectivity index (χ1n) is 6.18. The Morgan fingerprint density at radius 2 is 1.71 bits per heavy atom. The van der Waals surface area contributed by atoms with Crippen LogP contribution in [0, 0.1) is 5.41 Å². The Morgan fingerprint density at radius 1 is 1.18 bits per heavy atom. The second-order valence-electron chi connectivity index (χ2n) is 5.44. The van der Waals surface area contributed by atoms with Gasteiger partial charge in [-0.05, 0) is 18.3 Å². The first-order valence-corrected chi connectivity index (χ1v) is 8.15. The van der Waals surface area contributed by atoms with Gasteiger partial charge in [0.05, 0.1) is 0 Å². The Morgan fingerprint density at radius 3 is 2.18 bits per heavy atom. The monoisotopic (exact) mass is 282 g/mol. The molecule has 0 aliphatic carbocycles. The van der Waals surface area contributed by atoms with E-state index in [9.17, 15) is 8.42 Å². The van der Waals surface area contributed by atoms with Crippen LogP contribution in [-0.2, 0) is 10.2 Å². The van der Waals surface area contributed by atoms with Gasteiger partial charge in [0.1, 0.15) is 0 Å². The molecule has 1 N–H and O–H groups in total. The van der Waals surface area contributed by atoms with Crippen LogP contribution < -0.4 is 4.72 Å². The van der Waals surface area contributed by atoms with Crippen LogP contribution in [0.15, 0.2) is 0 Å². The van der Waals surface area contributed by atoms with Crippen LogP contribution in [0.1, 0.15) is 39.5 Å². The lowest BCUT2D eigenvalue weighted by atomic mass is 9.97. The van der Waals surface area contributed by atoms with E-state index in [0.717, 1.165) is 25.7 Å². The quantitative estimate of drug-likeness (QED) is 0.784. The highest BCUT2D eigenvalue weighted by Gasteiger charge is 2.25. The number of hydrogen-bond acceptors (Lipinski definition) is 2. The standard InChI is InChI=1S/C11H23ClN2O2S/c1-11(2,9-12)10-13-17(15,16)14-7-5-3-4-6-8-14/h13H,3-10H2,1-2H3. The van der Waals surface area contributed by atoms with Crippen molar-refractivity contribution in [3.05, 3.63) is 0 Å². The third-order valence-corrected chi connectivity index (χ3v) is 5.28. The van der Waals surface area contributed by atoms with Crippen molar-refractivity contribution in [3.63, 3.8) is 0 Å². The van der Waals surface area contributed by atoms with E-state index in [1.54, 1.807) is 4.31 Å². The minimum Gasteiger partial charge on any atom is -0.202 e. The summed E-state index contributed by atoms with van der Waals surface area (Å²) in [6, 6.07) is 0. The number of nitrogens with one attached hydrogen (secondary N) is 1. The zero-order valence-corrected chi connectivity index (χ0v) is 12.3. The van der Waals surface area contributed by atoms with Crippen molar-refractivity contribution in [2.75, 3.05) is 25.5 Å². The molecule has 4 nitrogen and oxygen atoms in total. The molecule has 0 aromatic rings. The van der Waals surface area contributed by atoms with Gasteiger partial charge in [-0.3, -0.25) is 0 Å². The fourth-order valence-corrected chi connectivity index (χ4v) is 3.30. The Hall–Kier alpha value is 0.160. The van der Waals surface area contributed by atoms with Gasteiger partial charge in [-0.2, -0.15) is 12.7 Å². The number of hydrogen-bond donors (Lipinski definition) is 1. The molecule has 0 atom stereocenters. The maximum absolute atomic E-state index is 12.1. The van der Waals surface area contributed by atoms with Crippen molar-refractivity contribution in [1.82, 2.24) is 9.03 Å². The Kier molecular flexibility index (Phi) is 5.70. The summed E-state index contributed by atoms with van der Waals surface area (Å²) in [7, 11) is -3.33. The zero-order valence-electron chi connectivity index (χ0n) is 10.7. The molecule has 0 aromatic heterocycles. The molecule has 0 saturated carbocycles. The molecule has 0 amide bonds. The predicted octanol–water partition coefficient (Wildman–Crippen LogP) is 1.96. The fourth-order valence-electron chi connectivity index (χ4n) is 1.71. The summed E-state index contributed by atoms with van der Waals surface area (Å²) in [5.74, 6) is 0.440. The molecular weight excluding hydrogens is 260 g/mol. The molecule has 1 fully saturated rings. The van der Waals surface area contributed by atoms with E-state index >= 15 is 0 Å². The topological polar surface area (TPSA) is 49.4 Å². The van der Waals surface area contributed by atoms with Crippen LogP contribution >= 0.6 is 11.6 Å². The molecule has 6 heteroatoms. The molecule has 0 unspecified atom stereocenters. The van der Waals surface area contributed by atoms with Gasteiger partial charge in [-0.15, -0.1) is 11.6 Å². The van der Waals surface area contributed by atoms with E-state index in [0.29, 0.717) is 25.5 Å². The Bertz CT molecular complexity index is 322. The van der Waals surface area contributed by atoms with Gasteiger partial charge in [0, 0.05) is 25.5 Å². The van der Waals surface area contributed by atoms with Gasteiger partial charge in [0.15, 0.2) is 0 Å². The second-order valence-corrected chi connectivity index (χ2v) is 7.46. The third-order valence-electron chi connectivity index (χ3n) is 3.00. The Labute approximate surface area is 110 Å². The first kappa shape index (κ1) is 15.2. The van der Waals surface area contributed by atoms with Crippen LogP contribution in [-0.4, -0.2) is 38.2 Å². The van der Waals surface area contributed by atoms with E-state index < -0.39 is 10.2 Å². The van der Waals surface area contributed by atoms with Crippen LogP contribution in [0.2, 0.25) is 0 Å². The van der Waals surface area contributed by atoms with Crippen molar-refractivity contribution in [2.24, 2.45) is 5.41 Å². The number of rotatable bonds is 5. The second kappa shape index (κ2) is 6.36. The summed E-state index contributed by atoms with van der Waals surface area (Å²) in [5.41, 5.74) is -0.208. The van der Waals surface area contributed by atoms with Crippen molar-refractivity contribution in [2.45, 2.75) is 39.5 Å². The lowest BCUT2D eigenvalue weighted by Gasteiger charge is -2.25. The largest absolute Gasteiger partial charge is 0.279 e. The summed E-state index contributed by atoms with van der Waals surface area (Å²) in [5, 5.41) is 0. The highest BCUT2D eigenvalue weighted by Crippen LogP contribution is 2.17. The third kappa shape index (κ3) is 5.12. The highest BCUT2D eigenvalue weighted by molar-refractivity contribution is 7.87. The van der Waals surface area contributed by atoms with Gasteiger partial charge in [0.2, 0.25) is 0 Å². The normalized spacial score (nSPS) is 20.2. The van der Waals surface area contributed by atoms with Gasteiger partial charge in [-0.1, -0.05) is 26.7 Å². The van der Waals surface area contributed by atoms with Crippen LogP contribution in [0.3, 0.4) is 0 Å². The predicted molar refractivity (Wildman–Crippen MR) is 71.5 cm³/mol. The lowest BCUT2D eigenvalue weighted by molar-refractivity contribution is 0.382. The molecule has 102 valence electrons. The van der Waals surface area contributed by atoms with Crippen LogP contribution in [0.4, 0.5) is 0 Å².